The van der Waals surface area contributed by atoms with Gasteiger partial charge in [-0.25, -0.2) is 0 Å². The second-order valence-electron chi connectivity index (χ2n) is 4.26. The van der Waals surface area contributed by atoms with E-state index in [1.165, 1.54) is 0 Å². The van der Waals surface area contributed by atoms with Crippen LogP contribution in [-0.4, -0.2) is 31.6 Å². The van der Waals surface area contributed by atoms with Gasteiger partial charge in [-0.15, -0.1) is 0 Å². The Labute approximate surface area is 84.5 Å². The van der Waals surface area contributed by atoms with Crippen LogP contribution in [0.5, 0.6) is 0 Å². The molecule has 0 atom stereocenters. The first-order valence-corrected chi connectivity index (χ1v) is 4.85. The van der Waals surface area contributed by atoms with E-state index in [2.05, 4.69) is 0 Å². The van der Waals surface area contributed by atoms with Gasteiger partial charge in [0.05, 0.1) is 19.8 Å². The van der Waals surface area contributed by atoms with Gasteiger partial charge in [-0.1, -0.05) is 0 Å². The fourth-order valence-electron chi connectivity index (χ4n) is 1.17. The highest BCUT2D eigenvalue weighted by molar-refractivity contribution is 5.76. The van der Waals surface area contributed by atoms with Gasteiger partial charge in [-0.05, 0) is 27.7 Å². The van der Waals surface area contributed by atoms with E-state index in [1.54, 1.807) is 13.8 Å². The van der Waals surface area contributed by atoms with E-state index in [0.717, 1.165) is 0 Å². The molecule has 0 N–H and O–H groups in total. The minimum atomic E-state index is -0.661. The van der Waals surface area contributed by atoms with Crippen LogP contribution in [0.1, 0.15) is 27.7 Å². The minimum absolute atomic E-state index is 0.254. The molecule has 0 radical (unpaired) electrons. The molecule has 1 heterocycles. The molecule has 0 bridgehead atoms. The third kappa shape index (κ3) is 2.45. The van der Waals surface area contributed by atoms with Crippen molar-refractivity contribution in [3.05, 3.63) is 0 Å². The number of rotatable bonds is 2. The van der Waals surface area contributed by atoms with E-state index in [1.807, 2.05) is 13.8 Å². The van der Waals surface area contributed by atoms with Crippen molar-refractivity contribution in [1.82, 2.24) is 0 Å². The monoisotopic (exact) mass is 202 g/mol. The molecular formula is C10H18O4. The summed E-state index contributed by atoms with van der Waals surface area (Å²) in [6, 6.07) is 0. The Morgan fingerprint density at radius 2 is 1.79 bits per heavy atom. The quantitative estimate of drug-likeness (QED) is 0.634. The Morgan fingerprint density at radius 1 is 1.29 bits per heavy atom. The highest BCUT2D eigenvalue weighted by atomic mass is 16.7. The molecule has 1 aliphatic rings. The van der Waals surface area contributed by atoms with Gasteiger partial charge in [0, 0.05) is 0 Å². The molecule has 1 saturated heterocycles. The van der Waals surface area contributed by atoms with Gasteiger partial charge in [0.25, 0.3) is 0 Å². The molecule has 0 aromatic rings. The zero-order valence-electron chi connectivity index (χ0n) is 9.25. The highest BCUT2D eigenvalue weighted by Crippen LogP contribution is 2.30. The van der Waals surface area contributed by atoms with Crippen molar-refractivity contribution in [2.75, 3.05) is 19.8 Å². The van der Waals surface area contributed by atoms with Crippen LogP contribution in [-0.2, 0) is 19.0 Å². The number of hydrogen-bond donors (Lipinski definition) is 0. The van der Waals surface area contributed by atoms with Crippen LogP contribution >= 0.6 is 0 Å². The fraction of sp³-hybridized carbons (Fsp3) is 0.900. The summed E-state index contributed by atoms with van der Waals surface area (Å²) < 4.78 is 15.8. The van der Waals surface area contributed by atoms with Crippen LogP contribution in [0.15, 0.2) is 0 Å². The first kappa shape index (κ1) is 11.5. The van der Waals surface area contributed by atoms with Gasteiger partial charge in [0.2, 0.25) is 0 Å². The number of carbonyl (C=O) groups is 1. The van der Waals surface area contributed by atoms with Crippen molar-refractivity contribution in [3.63, 3.8) is 0 Å². The van der Waals surface area contributed by atoms with Crippen molar-refractivity contribution in [3.8, 4) is 0 Å². The molecule has 82 valence electrons. The van der Waals surface area contributed by atoms with Crippen LogP contribution in [0.25, 0.3) is 0 Å². The summed E-state index contributed by atoms with van der Waals surface area (Å²) in [5.41, 5.74) is -0.661. The van der Waals surface area contributed by atoms with Gasteiger partial charge >= 0.3 is 5.97 Å². The summed E-state index contributed by atoms with van der Waals surface area (Å²) in [4.78, 5) is 11.5. The lowest BCUT2D eigenvalue weighted by molar-refractivity contribution is -0.281. The van der Waals surface area contributed by atoms with Gasteiger partial charge in [-0.3, -0.25) is 4.79 Å². The SMILES string of the molecule is CCOC(=O)C1(C)COC(C)(C)OC1. The van der Waals surface area contributed by atoms with Crippen LogP contribution in [0.4, 0.5) is 0 Å². The van der Waals surface area contributed by atoms with E-state index >= 15 is 0 Å². The van der Waals surface area contributed by atoms with Crippen LogP contribution in [0, 0.1) is 5.41 Å². The number of hydrogen-bond acceptors (Lipinski definition) is 4. The van der Waals surface area contributed by atoms with Crippen LogP contribution in [0.3, 0.4) is 0 Å². The lowest BCUT2D eigenvalue weighted by atomic mass is 9.92. The Hall–Kier alpha value is -0.610. The third-order valence-electron chi connectivity index (χ3n) is 2.24. The number of carbonyl (C=O) groups excluding carboxylic acids is 1. The summed E-state index contributed by atoms with van der Waals surface area (Å²) in [5.74, 6) is -0.845. The molecular weight excluding hydrogens is 184 g/mol. The molecule has 0 amide bonds. The van der Waals surface area contributed by atoms with Crippen LogP contribution < -0.4 is 0 Å². The fourth-order valence-corrected chi connectivity index (χ4v) is 1.17. The zero-order valence-corrected chi connectivity index (χ0v) is 9.25. The second kappa shape index (κ2) is 3.87. The van der Waals surface area contributed by atoms with Gasteiger partial charge in [-0.2, -0.15) is 0 Å². The van der Waals surface area contributed by atoms with Gasteiger partial charge in [0.1, 0.15) is 5.41 Å². The normalized spacial score (nSPS) is 24.3. The molecule has 1 aliphatic heterocycles. The second-order valence-corrected chi connectivity index (χ2v) is 4.26. The molecule has 1 fully saturated rings. The van der Waals surface area contributed by atoms with Crippen LogP contribution in [0.2, 0.25) is 0 Å². The average molecular weight is 202 g/mol. The Kier molecular flexibility index (Phi) is 3.17. The minimum Gasteiger partial charge on any atom is -0.465 e. The predicted molar refractivity (Wildman–Crippen MR) is 50.7 cm³/mol. The molecule has 0 spiro atoms. The summed E-state index contributed by atoms with van der Waals surface area (Å²) in [7, 11) is 0. The lowest BCUT2D eigenvalue weighted by Gasteiger charge is -2.39. The summed E-state index contributed by atoms with van der Waals surface area (Å²) in [6.07, 6.45) is 0. The third-order valence-corrected chi connectivity index (χ3v) is 2.24. The molecule has 0 aromatic carbocycles. The van der Waals surface area contributed by atoms with E-state index in [-0.39, 0.29) is 5.97 Å². The smallest absolute Gasteiger partial charge is 0.316 e. The van der Waals surface area contributed by atoms with Crippen molar-refractivity contribution in [1.29, 1.82) is 0 Å². The Balaban J connectivity index is 2.57. The van der Waals surface area contributed by atoms with Crippen molar-refractivity contribution >= 4 is 5.97 Å². The lowest BCUT2D eigenvalue weighted by Crippen LogP contribution is -2.49. The van der Waals surface area contributed by atoms with E-state index in [4.69, 9.17) is 14.2 Å². The molecule has 0 saturated carbocycles. The Morgan fingerprint density at radius 3 is 2.21 bits per heavy atom. The van der Waals surface area contributed by atoms with E-state index in [9.17, 15) is 4.79 Å². The van der Waals surface area contributed by atoms with E-state index in [0.29, 0.717) is 19.8 Å². The molecule has 0 unspecified atom stereocenters. The molecule has 4 nitrogen and oxygen atoms in total. The predicted octanol–water partition coefficient (Wildman–Crippen LogP) is 1.34. The average Bonchev–Trinajstić information content (AvgIpc) is 2.11. The standard InChI is InChI=1S/C10H18O4/c1-5-12-8(11)10(4)6-13-9(2,3)14-7-10/h5-7H2,1-4H3. The van der Waals surface area contributed by atoms with Crippen molar-refractivity contribution in [2.45, 2.75) is 33.5 Å². The van der Waals surface area contributed by atoms with Gasteiger partial charge in [0.15, 0.2) is 5.79 Å². The summed E-state index contributed by atoms with van der Waals surface area (Å²) in [5, 5.41) is 0. The maximum Gasteiger partial charge on any atom is 0.316 e. The maximum absolute atomic E-state index is 11.5. The highest BCUT2D eigenvalue weighted by Gasteiger charge is 2.43. The summed E-state index contributed by atoms with van der Waals surface area (Å²) >= 11 is 0. The molecule has 14 heavy (non-hydrogen) atoms. The first-order valence-electron chi connectivity index (χ1n) is 4.85. The summed E-state index contributed by atoms with van der Waals surface area (Å²) in [6.45, 7) is 8.32. The number of esters is 1. The Bertz CT molecular complexity index is 212. The topological polar surface area (TPSA) is 44.8 Å². The molecule has 4 heteroatoms. The largest absolute Gasteiger partial charge is 0.465 e. The van der Waals surface area contributed by atoms with Crippen molar-refractivity contribution in [2.24, 2.45) is 5.41 Å². The molecule has 0 aliphatic carbocycles. The van der Waals surface area contributed by atoms with E-state index < -0.39 is 11.2 Å². The molecule has 0 aromatic heterocycles. The maximum atomic E-state index is 11.5. The molecule has 1 rings (SSSR count). The first-order chi connectivity index (χ1) is 6.40. The van der Waals surface area contributed by atoms with Crippen molar-refractivity contribution < 1.29 is 19.0 Å². The number of ether oxygens (including phenoxy) is 3. The zero-order chi connectivity index (χ0) is 10.8. The van der Waals surface area contributed by atoms with Gasteiger partial charge < -0.3 is 14.2 Å².